The second-order valence-electron chi connectivity index (χ2n) is 9.97. The van der Waals surface area contributed by atoms with Crippen LogP contribution in [0.5, 0.6) is 0 Å². The highest BCUT2D eigenvalue weighted by Crippen LogP contribution is 2.34. The zero-order chi connectivity index (χ0) is 24.9. The van der Waals surface area contributed by atoms with Gasteiger partial charge in [0.15, 0.2) is 0 Å². The van der Waals surface area contributed by atoms with Crippen LogP contribution in [0.1, 0.15) is 51.8 Å². The third-order valence-electron chi connectivity index (χ3n) is 5.59. The number of amides is 2. The molecule has 0 aliphatic rings. The number of rotatable bonds is 8. The Hall–Kier alpha value is -3.41. The Labute approximate surface area is 203 Å². The quantitative estimate of drug-likeness (QED) is 0.464. The van der Waals surface area contributed by atoms with Crippen molar-refractivity contribution in [1.29, 1.82) is 0 Å². The first-order chi connectivity index (χ1) is 16.1. The molecule has 0 radical (unpaired) electrons. The van der Waals surface area contributed by atoms with Gasteiger partial charge in [-0.1, -0.05) is 76.2 Å². The molecule has 1 N–H and O–H groups in total. The van der Waals surface area contributed by atoms with Crippen LogP contribution in [0.3, 0.4) is 0 Å². The molecule has 2 aromatic carbocycles. The minimum atomic E-state index is -0.234. The number of hydrogen-bond acceptors (Lipinski definition) is 3. The van der Waals surface area contributed by atoms with Crippen LogP contribution in [0, 0.1) is 19.3 Å². The van der Waals surface area contributed by atoms with Gasteiger partial charge in [0.2, 0.25) is 11.8 Å². The summed E-state index contributed by atoms with van der Waals surface area (Å²) in [6, 6.07) is 17.9. The monoisotopic (exact) mass is 460 g/mol. The molecular formula is C28H36N4O2. The third-order valence-corrected chi connectivity index (χ3v) is 5.59. The van der Waals surface area contributed by atoms with E-state index in [0.29, 0.717) is 18.8 Å². The molecule has 0 atom stereocenters. The van der Waals surface area contributed by atoms with Crippen molar-refractivity contribution in [1.82, 2.24) is 14.7 Å². The van der Waals surface area contributed by atoms with E-state index in [4.69, 9.17) is 5.10 Å². The van der Waals surface area contributed by atoms with Gasteiger partial charge in [-0.15, -0.1) is 0 Å². The standard InChI is InChI=1S/C28H36N4O2/c1-7-17-31(25(34)18-28(4,5)6)19-24(33)29-27-26(22-14-9-8-10-15-22)21(3)30-32(27)23-16-12-11-13-20(23)2/h8-16H,7,17-19H2,1-6H3,(H,29,33). The normalized spacial score (nSPS) is 11.4. The first-order valence-corrected chi connectivity index (χ1v) is 11.9. The summed E-state index contributed by atoms with van der Waals surface area (Å²) in [5, 5.41) is 7.89. The largest absolute Gasteiger partial charge is 0.333 e. The van der Waals surface area contributed by atoms with Gasteiger partial charge in [0, 0.05) is 18.5 Å². The Morgan fingerprint density at radius 2 is 1.65 bits per heavy atom. The number of benzene rings is 2. The zero-order valence-electron chi connectivity index (χ0n) is 21.2. The van der Waals surface area contributed by atoms with Crippen molar-refractivity contribution in [2.24, 2.45) is 5.41 Å². The van der Waals surface area contributed by atoms with Crippen LogP contribution in [0.15, 0.2) is 54.6 Å². The van der Waals surface area contributed by atoms with Gasteiger partial charge < -0.3 is 10.2 Å². The molecular weight excluding hydrogens is 424 g/mol. The van der Waals surface area contributed by atoms with Gasteiger partial charge in [-0.25, -0.2) is 4.68 Å². The fourth-order valence-electron chi connectivity index (χ4n) is 4.04. The Balaban J connectivity index is 1.98. The van der Waals surface area contributed by atoms with E-state index >= 15 is 0 Å². The molecule has 34 heavy (non-hydrogen) atoms. The van der Waals surface area contributed by atoms with Crippen molar-refractivity contribution in [2.45, 2.75) is 54.4 Å². The molecule has 6 heteroatoms. The number of anilines is 1. The van der Waals surface area contributed by atoms with Crippen LogP contribution in [0.25, 0.3) is 16.8 Å². The third kappa shape index (κ3) is 6.13. The highest BCUT2D eigenvalue weighted by Gasteiger charge is 2.25. The molecule has 0 bridgehead atoms. The van der Waals surface area contributed by atoms with Crippen LogP contribution in [0.4, 0.5) is 5.82 Å². The van der Waals surface area contributed by atoms with Crippen LogP contribution >= 0.6 is 0 Å². The molecule has 0 spiro atoms. The highest BCUT2D eigenvalue weighted by atomic mass is 16.2. The number of hydrogen-bond donors (Lipinski definition) is 1. The number of carbonyl (C=O) groups excluding carboxylic acids is 2. The van der Waals surface area contributed by atoms with E-state index < -0.39 is 0 Å². The van der Waals surface area contributed by atoms with Gasteiger partial charge in [0.05, 0.1) is 17.9 Å². The minimum Gasteiger partial charge on any atom is -0.333 e. The molecule has 180 valence electrons. The van der Waals surface area contributed by atoms with Crippen molar-refractivity contribution < 1.29 is 9.59 Å². The SMILES string of the molecule is CCCN(CC(=O)Nc1c(-c2ccccc2)c(C)nn1-c1ccccc1C)C(=O)CC(C)(C)C. The highest BCUT2D eigenvalue weighted by molar-refractivity contribution is 5.98. The first kappa shape index (κ1) is 25.2. The average Bonchev–Trinajstić information content (AvgIpc) is 3.08. The van der Waals surface area contributed by atoms with Crippen LogP contribution in [-0.4, -0.2) is 39.6 Å². The summed E-state index contributed by atoms with van der Waals surface area (Å²) < 4.78 is 1.80. The fourth-order valence-corrected chi connectivity index (χ4v) is 4.04. The van der Waals surface area contributed by atoms with E-state index in [9.17, 15) is 9.59 Å². The lowest BCUT2D eigenvalue weighted by Crippen LogP contribution is -2.40. The molecule has 0 saturated heterocycles. The van der Waals surface area contributed by atoms with E-state index in [0.717, 1.165) is 34.5 Å². The molecule has 2 amide bonds. The predicted molar refractivity (Wildman–Crippen MR) is 138 cm³/mol. The Kier molecular flexibility index (Phi) is 7.92. The number of para-hydroxylation sites is 1. The zero-order valence-corrected chi connectivity index (χ0v) is 21.2. The predicted octanol–water partition coefficient (Wildman–Crippen LogP) is 5.77. The summed E-state index contributed by atoms with van der Waals surface area (Å²) >= 11 is 0. The Bertz CT molecular complexity index is 1140. The van der Waals surface area contributed by atoms with Gasteiger partial charge in [-0.2, -0.15) is 5.10 Å². The summed E-state index contributed by atoms with van der Waals surface area (Å²) in [6.45, 7) is 12.6. The van der Waals surface area contributed by atoms with Crippen molar-refractivity contribution in [3.63, 3.8) is 0 Å². The molecule has 0 fully saturated rings. The van der Waals surface area contributed by atoms with Gasteiger partial charge >= 0.3 is 0 Å². The average molecular weight is 461 g/mol. The molecule has 1 heterocycles. The molecule has 3 aromatic rings. The maximum Gasteiger partial charge on any atom is 0.245 e. The van der Waals surface area contributed by atoms with Gasteiger partial charge in [0.25, 0.3) is 0 Å². The van der Waals surface area contributed by atoms with Crippen molar-refractivity contribution >= 4 is 17.6 Å². The molecule has 0 aliphatic heterocycles. The van der Waals surface area contributed by atoms with Crippen molar-refractivity contribution in [3.8, 4) is 16.8 Å². The maximum atomic E-state index is 13.3. The second-order valence-corrected chi connectivity index (χ2v) is 9.97. The summed E-state index contributed by atoms with van der Waals surface area (Å²) in [7, 11) is 0. The van der Waals surface area contributed by atoms with Crippen LogP contribution < -0.4 is 5.32 Å². The molecule has 0 aliphatic carbocycles. The Morgan fingerprint density at radius 3 is 2.26 bits per heavy atom. The van der Waals surface area contributed by atoms with Crippen molar-refractivity contribution in [3.05, 3.63) is 65.9 Å². The molecule has 0 saturated carbocycles. The number of aromatic nitrogens is 2. The number of nitrogens with one attached hydrogen (secondary N) is 1. The summed E-state index contributed by atoms with van der Waals surface area (Å²) in [5.41, 5.74) is 4.48. The summed E-state index contributed by atoms with van der Waals surface area (Å²) in [5.74, 6) is 0.377. The lowest BCUT2D eigenvalue weighted by atomic mass is 9.91. The lowest BCUT2D eigenvalue weighted by Gasteiger charge is -2.26. The van der Waals surface area contributed by atoms with Gasteiger partial charge in [-0.3, -0.25) is 9.59 Å². The molecule has 3 rings (SSSR count). The Morgan fingerprint density at radius 1 is 1.00 bits per heavy atom. The van der Waals surface area contributed by atoms with E-state index in [1.54, 1.807) is 9.58 Å². The molecule has 1 aromatic heterocycles. The second kappa shape index (κ2) is 10.7. The number of aryl methyl sites for hydroxylation is 2. The topological polar surface area (TPSA) is 67.2 Å². The van der Waals surface area contributed by atoms with Crippen LogP contribution in [-0.2, 0) is 9.59 Å². The van der Waals surface area contributed by atoms with Crippen molar-refractivity contribution in [2.75, 3.05) is 18.4 Å². The van der Waals surface area contributed by atoms with E-state index in [2.05, 4.69) is 5.32 Å². The van der Waals surface area contributed by atoms with Gasteiger partial charge in [0.1, 0.15) is 5.82 Å². The smallest absolute Gasteiger partial charge is 0.245 e. The number of nitrogens with zero attached hydrogens (tertiary/aromatic N) is 3. The molecule has 6 nitrogen and oxygen atoms in total. The minimum absolute atomic E-state index is 0.00336. The lowest BCUT2D eigenvalue weighted by molar-refractivity contribution is -0.136. The first-order valence-electron chi connectivity index (χ1n) is 11.9. The van der Waals surface area contributed by atoms with E-state index in [-0.39, 0.29) is 23.8 Å². The fraction of sp³-hybridized carbons (Fsp3) is 0.393. The number of carbonyl (C=O) groups is 2. The van der Waals surface area contributed by atoms with Gasteiger partial charge in [-0.05, 0) is 42.9 Å². The summed E-state index contributed by atoms with van der Waals surface area (Å²) in [4.78, 5) is 27.8. The summed E-state index contributed by atoms with van der Waals surface area (Å²) in [6.07, 6.45) is 1.19. The van der Waals surface area contributed by atoms with E-state index in [1.807, 2.05) is 96.1 Å². The van der Waals surface area contributed by atoms with E-state index in [1.165, 1.54) is 0 Å². The molecule has 0 unspecified atom stereocenters. The van der Waals surface area contributed by atoms with Crippen LogP contribution in [0.2, 0.25) is 0 Å². The maximum absolute atomic E-state index is 13.3.